The van der Waals surface area contributed by atoms with Gasteiger partial charge in [-0.3, -0.25) is 19.3 Å². The zero-order chi connectivity index (χ0) is 31.3. The summed E-state index contributed by atoms with van der Waals surface area (Å²) in [4.78, 5) is 39.4. The molecule has 4 aliphatic rings. The molecule has 3 amide bonds. The van der Waals surface area contributed by atoms with Gasteiger partial charge in [-0.1, -0.05) is 73.2 Å². The average molecular weight is 640 g/mol. The van der Waals surface area contributed by atoms with Gasteiger partial charge in [0.1, 0.15) is 21.2 Å². The van der Waals surface area contributed by atoms with Gasteiger partial charge in [-0.15, -0.1) is 23.2 Å². The predicted molar refractivity (Wildman–Crippen MR) is 175 cm³/mol. The van der Waals surface area contributed by atoms with Crippen LogP contribution >= 0.6 is 23.2 Å². The summed E-state index contributed by atoms with van der Waals surface area (Å²) in [6, 6.07) is 30.3. The van der Waals surface area contributed by atoms with Gasteiger partial charge < -0.3 is 10.1 Å². The number of nitrogens with one attached hydrogen (secondary N) is 1. The molecule has 6 nitrogen and oxygen atoms in total. The van der Waals surface area contributed by atoms with E-state index in [4.69, 9.17) is 27.9 Å². The number of para-hydroxylation sites is 1. The van der Waals surface area contributed by atoms with E-state index in [1.807, 2.05) is 104 Å². The number of hydrogen-bond acceptors (Lipinski definition) is 4. The first-order chi connectivity index (χ1) is 21.7. The highest BCUT2D eigenvalue weighted by atomic mass is 35.5. The molecule has 1 saturated heterocycles. The van der Waals surface area contributed by atoms with Crippen LogP contribution in [0.5, 0.6) is 11.5 Å². The van der Waals surface area contributed by atoms with Crippen molar-refractivity contribution < 1.29 is 19.1 Å². The maximum atomic E-state index is 13.9. The first-order valence-corrected chi connectivity index (χ1v) is 16.1. The molecule has 0 unspecified atom stereocenters. The number of nitrogens with zero attached hydrogens (tertiary/aromatic N) is 1. The number of likely N-dealkylation sites (tertiary alicyclic amines) is 1. The third kappa shape index (κ3) is 4.65. The second kappa shape index (κ2) is 11.3. The van der Waals surface area contributed by atoms with Gasteiger partial charge in [-0.25, -0.2) is 0 Å². The summed E-state index contributed by atoms with van der Waals surface area (Å²) in [5, 5.41) is 2.92. The predicted octanol–water partition coefficient (Wildman–Crippen LogP) is 7.88. The Morgan fingerprint density at radius 2 is 1.24 bits per heavy atom. The minimum Gasteiger partial charge on any atom is -0.457 e. The molecule has 8 rings (SSSR count). The Bertz CT molecular complexity index is 1700. The largest absolute Gasteiger partial charge is 0.457 e. The standard InChI is InChI=1S/C37H32Cl2N2O4/c1-23-11-4-9-16-30(23)45-25-20-18-24(19-21-25)40-31(42)17-3-2-10-22-41-34(43)32-33(35(41)44)37(39)27-13-6-5-12-26(27)36(32,38)28-14-7-8-15-29(28)37/h4-9,11-16,18-21,32-33H,2-3,10,17,22H2,1H3,(H,40,42)/t32-,33+,36?,37?. The fraction of sp³-hybridized carbons (Fsp3) is 0.270. The van der Waals surface area contributed by atoms with Crippen molar-refractivity contribution in [2.24, 2.45) is 11.8 Å². The molecule has 0 spiro atoms. The number of unbranched alkanes of at least 4 members (excludes halogenated alkanes) is 2. The lowest BCUT2D eigenvalue weighted by Gasteiger charge is -2.54. The summed E-state index contributed by atoms with van der Waals surface area (Å²) in [5.41, 5.74) is 4.91. The summed E-state index contributed by atoms with van der Waals surface area (Å²) in [5.74, 6) is -0.738. The van der Waals surface area contributed by atoms with Crippen LogP contribution in [0.15, 0.2) is 97.1 Å². The van der Waals surface area contributed by atoms with Gasteiger partial charge >= 0.3 is 0 Å². The van der Waals surface area contributed by atoms with Gasteiger partial charge in [-0.05, 0) is 77.9 Å². The number of carbonyl (C=O) groups is 3. The van der Waals surface area contributed by atoms with Crippen molar-refractivity contribution in [3.05, 3.63) is 125 Å². The number of amides is 3. The second-order valence-corrected chi connectivity index (χ2v) is 13.2. The number of rotatable bonds is 9. The summed E-state index contributed by atoms with van der Waals surface area (Å²) >= 11 is 14.9. The van der Waals surface area contributed by atoms with Crippen LogP contribution in [0.1, 0.15) is 53.5 Å². The summed E-state index contributed by atoms with van der Waals surface area (Å²) in [6.45, 7) is 2.25. The van der Waals surface area contributed by atoms with Crippen LogP contribution in [0.4, 0.5) is 5.69 Å². The van der Waals surface area contributed by atoms with Gasteiger partial charge in [0, 0.05) is 18.7 Å². The molecule has 1 fully saturated rings. The number of aryl methyl sites for hydroxylation is 1. The fourth-order valence-electron chi connectivity index (χ4n) is 7.31. The SMILES string of the molecule is Cc1ccccc1Oc1ccc(NC(=O)CCCCCN2C(=O)[C@@H]3[C@H](C2=O)C2(Cl)c4ccccc4C3(Cl)c3ccccc32)cc1. The van der Waals surface area contributed by atoms with E-state index in [1.165, 1.54) is 4.90 Å². The average Bonchev–Trinajstić information content (AvgIpc) is 3.31. The van der Waals surface area contributed by atoms with Gasteiger partial charge in [0.05, 0.1) is 11.8 Å². The Morgan fingerprint density at radius 3 is 1.78 bits per heavy atom. The van der Waals surface area contributed by atoms with Gasteiger partial charge in [0.2, 0.25) is 17.7 Å². The van der Waals surface area contributed by atoms with E-state index < -0.39 is 21.6 Å². The van der Waals surface area contributed by atoms with Crippen LogP contribution in [0.3, 0.4) is 0 Å². The first kappa shape index (κ1) is 29.6. The topological polar surface area (TPSA) is 75.7 Å². The summed E-state index contributed by atoms with van der Waals surface area (Å²) in [6.07, 6.45) is 2.22. The molecule has 45 heavy (non-hydrogen) atoms. The molecule has 2 bridgehead atoms. The number of halogens is 2. The molecule has 1 N–H and O–H groups in total. The van der Waals surface area contributed by atoms with Crippen LogP contribution in [0.2, 0.25) is 0 Å². The van der Waals surface area contributed by atoms with E-state index in [9.17, 15) is 14.4 Å². The van der Waals surface area contributed by atoms with E-state index in [2.05, 4.69) is 5.32 Å². The van der Waals surface area contributed by atoms with Crippen LogP contribution in [-0.2, 0) is 24.1 Å². The van der Waals surface area contributed by atoms with E-state index in [0.29, 0.717) is 37.1 Å². The Labute approximate surface area is 272 Å². The van der Waals surface area contributed by atoms with Gasteiger partial charge in [0.15, 0.2) is 0 Å². The Morgan fingerprint density at radius 1 is 0.733 bits per heavy atom. The third-order valence-corrected chi connectivity index (χ3v) is 10.7. The third-order valence-electron chi connectivity index (χ3n) is 9.42. The lowest BCUT2D eigenvalue weighted by molar-refractivity contribution is -0.140. The highest BCUT2D eigenvalue weighted by molar-refractivity contribution is 6.36. The highest BCUT2D eigenvalue weighted by Gasteiger charge is 2.72. The van der Waals surface area contributed by atoms with Crippen LogP contribution in [0, 0.1) is 18.8 Å². The Balaban J connectivity index is 0.957. The van der Waals surface area contributed by atoms with E-state index in [-0.39, 0.29) is 24.3 Å². The number of ether oxygens (including phenoxy) is 1. The normalized spacial score (nSPS) is 24.2. The fourth-order valence-corrected chi connectivity index (χ4v) is 8.40. The molecule has 0 aromatic heterocycles. The van der Waals surface area contributed by atoms with Crippen LogP contribution in [0.25, 0.3) is 0 Å². The number of carbonyl (C=O) groups excluding carboxylic acids is 3. The van der Waals surface area contributed by atoms with Crippen molar-refractivity contribution in [2.75, 3.05) is 11.9 Å². The monoisotopic (exact) mass is 638 g/mol. The molecule has 228 valence electrons. The van der Waals surface area contributed by atoms with E-state index in [1.54, 1.807) is 0 Å². The molecule has 0 saturated carbocycles. The lowest BCUT2D eigenvalue weighted by Crippen LogP contribution is -2.57. The molecule has 2 atom stereocenters. The molecule has 8 heteroatoms. The molecule has 1 aliphatic heterocycles. The number of benzene rings is 4. The van der Waals surface area contributed by atoms with E-state index in [0.717, 1.165) is 33.6 Å². The summed E-state index contributed by atoms with van der Waals surface area (Å²) < 4.78 is 5.93. The van der Waals surface area contributed by atoms with Crippen molar-refractivity contribution in [1.82, 2.24) is 4.90 Å². The first-order valence-electron chi connectivity index (χ1n) is 15.3. The number of hydrogen-bond donors (Lipinski definition) is 1. The molecule has 4 aromatic rings. The maximum absolute atomic E-state index is 13.9. The molecular formula is C37H32Cl2N2O4. The number of alkyl halides is 2. The quantitative estimate of drug-likeness (QED) is 0.115. The number of anilines is 1. The minimum absolute atomic E-state index is 0.0952. The van der Waals surface area contributed by atoms with Crippen molar-refractivity contribution >= 4 is 46.6 Å². The molecule has 3 aliphatic carbocycles. The lowest BCUT2D eigenvalue weighted by atomic mass is 9.54. The van der Waals surface area contributed by atoms with Gasteiger partial charge in [0.25, 0.3) is 0 Å². The smallest absolute Gasteiger partial charge is 0.235 e. The Kier molecular flexibility index (Phi) is 7.46. The summed E-state index contributed by atoms with van der Waals surface area (Å²) in [7, 11) is 0. The Hall–Kier alpha value is -4.13. The van der Waals surface area contributed by atoms with Gasteiger partial charge in [-0.2, -0.15) is 0 Å². The van der Waals surface area contributed by atoms with Crippen LogP contribution < -0.4 is 10.1 Å². The van der Waals surface area contributed by atoms with Crippen molar-refractivity contribution in [3.63, 3.8) is 0 Å². The second-order valence-electron chi connectivity index (χ2n) is 12.0. The maximum Gasteiger partial charge on any atom is 0.235 e. The van der Waals surface area contributed by atoms with Crippen molar-refractivity contribution in [2.45, 2.75) is 42.4 Å². The molecular weight excluding hydrogens is 607 g/mol. The van der Waals surface area contributed by atoms with Crippen molar-refractivity contribution in [1.29, 1.82) is 0 Å². The highest BCUT2D eigenvalue weighted by Crippen LogP contribution is 2.69. The van der Waals surface area contributed by atoms with E-state index >= 15 is 0 Å². The van der Waals surface area contributed by atoms with Crippen molar-refractivity contribution in [3.8, 4) is 11.5 Å². The minimum atomic E-state index is -1.17. The van der Waals surface area contributed by atoms with Crippen LogP contribution in [-0.4, -0.2) is 29.2 Å². The zero-order valence-corrected chi connectivity index (χ0v) is 26.3. The molecule has 0 radical (unpaired) electrons. The molecule has 4 aromatic carbocycles. The molecule has 1 heterocycles. The zero-order valence-electron chi connectivity index (χ0n) is 24.8. The number of imide groups is 1.